The number of aliphatic carboxylic acids is 1. The van der Waals surface area contributed by atoms with Crippen molar-refractivity contribution in [1.29, 1.82) is 0 Å². The number of benzene rings is 2. The zero-order chi connectivity index (χ0) is 12.3. The molecule has 0 bridgehead atoms. The molecule has 2 aromatic rings. The van der Waals surface area contributed by atoms with Crippen LogP contribution in [-0.4, -0.2) is 11.1 Å². The van der Waals surface area contributed by atoms with Gasteiger partial charge in [-0.25, -0.2) is 0 Å². The average molecular weight is 247 g/mol. The van der Waals surface area contributed by atoms with E-state index < -0.39 is 5.97 Å². The summed E-state index contributed by atoms with van der Waals surface area (Å²) in [6, 6.07) is 15.0. The van der Waals surface area contributed by atoms with Crippen LogP contribution >= 0.6 is 11.6 Å². The summed E-state index contributed by atoms with van der Waals surface area (Å²) in [5.74, 6) is -0.826. The molecule has 0 unspecified atom stereocenters. The van der Waals surface area contributed by atoms with Crippen LogP contribution in [-0.2, 0) is 11.2 Å². The molecular weight excluding hydrogens is 236 g/mol. The van der Waals surface area contributed by atoms with Crippen molar-refractivity contribution in [1.82, 2.24) is 0 Å². The second-order valence-corrected chi connectivity index (χ2v) is 4.22. The Morgan fingerprint density at radius 1 is 1.06 bits per heavy atom. The molecule has 0 aliphatic heterocycles. The first-order valence-electron chi connectivity index (χ1n) is 5.22. The van der Waals surface area contributed by atoms with E-state index in [1.807, 2.05) is 48.5 Å². The van der Waals surface area contributed by atoms with Crippen molar-refractivity contribution >= 4 is 17.6 Å². The maximum absolute atomic E-state index is 10.6. The molecule has 0 aromatic heterocycles. The third-order valence-electron chi connectivity index (χ3n) is 2.44. The molecule has 0 atom stereocenters. The van der Waals surface area contributed by atoms with Crippen molar-refractivity contribution in [3.05, 3.63) is 59.1 Å². The van der Waals surface area contributed by atoms with Crippen LogP contribution in [0, 0.1) is 0 Å². The molecule has 0 fully saturated rings. The van der Waals surface area contributed by atoms with Gasteiger partial charge < -0.3 is 5.11 Å². The summed E-state index contributed by atoms with van der Waals surface area (Å²) in [5, 5.41) is 9.42. The van der Waals surface area contributed by atoms with E-state index >= 15 is 0 Å². The number of carbonyl (C=O) groups is 1. The molecule has 0 amide bonds. The van der Waals surface area contributed by atoms with Crippen LogP contribution in [0.2, 0.25) is 5.02 Å². The van der Waals surface area contributed by atoms with Crippen LogP contribution in [0.15, 0.2) is 48.5 Å². The summed E-state index contributed by atoms with van der Waals surface area (Å²) in [5.41, 5.74) is 2.76. The Balaban J connectivity index is 2.36. The van der Waals surface area contributed by atoms with Crippen LogP contribution in [0.5, 0.6) is 0 Å². The average Bonchev–Trinajstić information content (AvgIpc) is 2.28. The maximum atomic E-state index is 10.6. The first kappa shape index (κ1) is 11.7. The van der Waals surface area contributed by atoms with Crippen molar-refractivity contribution in [2.75, 3.05) is 0 Å². The van der Waals surface area contributed by atoms with E-state index in [4.69, 9.17) is 16.7 Å². The van der Waals surface area contributed by atoms with Crippen molar-refractivity contribution in [2.24, 2.45) is 0 Å². The fourth-order valence-corrected chi connectivity index (χ4v) is 1.89. The number of hydrogen-bond acceptors (Lipinski definition) is 1. The lowest BCUT2D eigenvalue weighted by atomic mass is 10.0. The van der Waals surface area contributed by atoms with E-state index in [1.54, 1.807) is 0 Å². The smallest absolute Gasteiger partial charge is 0.307 e. The third-order valence-corrected chi connectivity index (χ3v) is 2.68. The number of rotatable bonds is 3. The first-order chi connectivity index (χ1) is 8.15. The van der Waals surface area contributed by atoms with Crippen molar-refractivity contribution in [2.45, 2.75) is 6.42 Å². The summed E-state index contributed by atoms with van der Waals surface area (Å²) in [6.07, 6.45) is 0.0361. The first-order valence-corrected chi connectivity index (χ1v) is 5.59. The van der Waals surface area contributed by atoms with E-state index in [-0.39, 0.29) is 6.42 Å². The van der Waals surface area contributed by atoms with Crippen molar-refractivity contribution in [3.8, 4) is 11.1 Å². The molecule has 1 N–H and O–H groups in total. The van der Waals surface area contributed by atoms with Gasteiger partial charge in [0, 0.05) is 5.02 Å². The van der Waals surface area contributed by atoms with Gasteiger partial charge in [-0.05, 0) is 28.8 Å². The Kier molecular flexibility index (Phi) is 3.45. The molecule has 0 heterocycles. The van der Waals surface area contributed by atoms with Crippen LogP contribution in [0.25, 0.3) is 11.1 Å². The third kappa shape index (κ3) is 3.08. The van der Waals surface area contributed by atoms with E-state index in [2.05, 4.69) is 0 Å². The van der Waals surface area contributed by atoms with Gasteiger partial charge in [0.1, 0.15) is 0 Å². The van der Waals surface area contributed by atoms with Gasteiger partial charge in [0.2, 0.25) is 0 Å². The molecule has 2 nitrogen and oxygen atoms in total. The quantitative estimate of drug-likeness (QED) is 0.898. The molecule has 0 aliphatic rings. The maximum Gasteiger partial charge on any atom is 0.307 e. The van der Waals surface area contributed by atoms with Gasteiger partial charge in [-0.1, -0.05) is 48.0 Å². The highest BCUT2D eigenvalue weighted by molar-refractivity contribution is 6.30. The monoisotopic (exact) mass is 246 g/mol. The lowest BCUT2D eigenvalue weighted by Gasteiger charge is -2.04. The Bertz CT molecular complexity index is 549. The standard InChI is InChI=1S/C14H11ClO2/c15-13-6-2-5-12(9-13)11-4-1-3-10(7-11)8-14(16)17/h1-7,9H,8H2,(H,16,17). The minimum atomic E-state index is -0.826. The minimum Gasteiger partial charge on any atom is -0.481 e. The van der Waals surface area contributed by atoms with Crippen molar-refractivity contribution in [3.63, 3.8) is 0 Å². The Hall–Kier alpha value is -1.80. The second kappa shape index (κ2) is 5.02. The lowest BCUT2D eigenvalue weighted by molar-refractivity contribution is -0.136. The Morgan fingerprint density at radius 2 is 1.71 bits per heavy atom. The highest BCUT2D eigenvalue weighted by Crippen LogP contribution is 2.23. The van der Waals surface area contributed by atoms with Gasteiger partial charge in [0.15, 0.2) is 0 Å². The van der Waals surface area contributed by atoms with Gasteiger partial charge >= 0.3 is 5.97 Å². The van der Waals surface area contributed by atoms with Gasteiger partial charge in [0.25, 0.3) is 0 Å². The summed E-state index contributed by atoms with van der Waals surface area (Å²) < 4.78 is 0. The Morgan fingerprint density at radius 3 is 2.35 bits per heavy atom. The molecule has 2 rings (SSSR count). The van der Waals surface area contributed by atoms with Gasteiger partial charge in [0.05, 0.1) is 6.42 Å². The molecule has 86 valence electrons. The molecule has 0 saturated heterocycles. The molecule has 0 aliphatic carbocycles. The van der Waals surface area contributed by atoms with Crippen molar-refractivity contribution < 1.29 is 9.90 Å². The molecule has 0 saturated carbocycles. The van der Waals surface area contributed by atoms with Gasteiger partial charge in [-0.3, -0.25) is 4.79 Å². The zero-order valence-electron chi connectivity index (χ0n) is 9.06. The van der Waals surface area contributed by atoms with E-state index in [0.717, 1.165) is 16.7 Å². The largest absolute Gasteiger partial charge is 0.481 e. The fraction of sp³-hybridized carbons (Fsp3) is 0.0714. The molecule has 2 aromatic carbocycles. The fourth-order valence-electron chi connectivity index (χ4n) is 1.70. The SMILES string of the molecule is O=C(O)Cc1cccc(-c2cccc(Cl)c2)c1. The van der Waals surface area contributed by atoms with Crippen LogP contribution in [0.3, 0.4) is 0 Å². The number of halogens is 1. The predicted octanol–water partition coefficient (Wildman–Crippen LogP) is 3.63. The molecule has 17 heavy (non-hydrogen) atoms. The summed E-state index contributed by atoms with van der Waals surface area (Å²) >= 11 is 5.92. The molecule has 0 spiro atoms. The van der Waals surface area contributed by atoms with Gasteiger partial charge in [-0.15, -0.1) is 0 Å². The summed E-state index contributed by atoms with van der Waals surface area (Å²) in [6.45, 7) is 0. The van der Waals surface area contributed by atoms with Crippen LogP contribution in [0.4, 0.5) is 0 Å². The topological polar surface area (TPSA) is 37.3 Å². The molecule has 3 heteroatoms. The molecular formula is C14H11ClO2. The Labute approximate surface area is 104 Å². The number of carboxylic acid groups (broad SMARTS) is 1. The lowest BCUT2D eigenvalue weighted by Crippen LogP contribution is -1.99. The minimum absolute atomic E-state index is 0.0361. The summed E-state index contributed by atoms with van der Waals surface area (Å²) in [7, 11) is 0. The van der Waals surface area contributed by atoms with E-state index in [0.29, 0.717) is 5.02 Å². The predicted molar refractivity (Wildman–Crippen MR) is 68.2 cm³/mol. The number of hydrogen-bond donors (Lipinski definition) is 1. The normalized spacial score (nSPS) is 10.2. The van der Waals surface area contributed by atoms with Crippen LogP contribution in [0.1, 0.15) is 5.56 Å². The molecule has 0 radical (unpaired) electrons. The number of carboxylic acids is 1. The van der Waals surface area contributed by atoms with E-state index in [9.17, 15) is 4.79 Å². The zero-order valence-corrected chi connectivity index (χ0v) is 9.82. The van der Waals surface area contributed by atoms with Gasteiger partial charge in [-0.2, -0.15) is 0 Å². The van der Waals surface area contributed by atoms with Crippen LogP contribution < -0.4 is 0 Å². The summed E-state index contributed by atoms with van der Waals surface area (Å²) in [4.78, 5) is 10.6. The highest BCUT2D eigenvalue weighted by Gasteiger charge is 2.03. The second-order valence-electron chi connectivity index (χ2n) is 3.78. The van der Waals surface area contributed by atoms with E-state index in [1.165, 1.54) is 0 Å². The highest BCUT2D eigenvalue weighted by atomic mass is 35.5.